The van der Waals surface area contributed by atoms with Gasteiger partial charge in [0.25, 0.3) is 0 Å². The van der Waals surface area contributed by atoms with Crippen LogP contribution in [0.25, 0.3) is 11.4 Å². The highest BCUT2D eigenvalue weighted by molar-refractivity contribution is 5.74. The van der Waals surface area contributed by atoms with Crippen LogP contribution in [0.4, 0.5) is 5.82 Å². The van der Waals surface area contributed by atoms with Crippen molar-refractivity contribution in [3.8, 4) is 11.4 Å². The number of hydrogen-bond donors (Lipinski definition) is 1. The second-order valence-corrected chi connectivity index (χ2v) is 7.44. The van der Waals surface area contributed by atoms with Crippen LogP contribution in [-0.2, 0) is 17.8 Å². The third kappa shape index (κ3) is 4.26. The summed E-state index contributed by atoms with van der Waals surface area (Å²) in [5, 5.41) is 3.56. The van der Waals surface area contributed by atoms with Gasteiger partial charge in [-0.15, -0.1) is 0 Å². The fourth-order valence-corrected chi connectivity index (χ4v) is 3.62. The first-order valence-electron chi connectivity index (χ1n) is 9.96. The molecule has 0 radical (unpaired) electrons. The number of nitrogens with zero attached hydrogens (tertiary/aromatic N) is 4. The summed E-state index contributed by atoms with van der Waals surface area (Å²) in [5.74, 6) is 1.95. The standard InChI is InChI=1S/C23H25N5O/c1-16(18-6-4-3-5-7-18)14-25-23-20-10-13-28(17(2)29)15-21(20)26-22(27-23)19-8-11-24-12-9-19/h3-9,11-12,16H,10,13-15H2,1-2H3,(H,25,26,27). The molecule has 0 bridgehead atoms. The van der Waals surface area contributed by atoms with Crippen molar-refractivity contribution in [1.82, 2.24) is 19.9 Å². The van der Waals surface area contributed by atoms with Crippen LogP contribution in [0.3, 0.4) is 0 Å². The minimum absolute atomic E-state index is 0.0759. The lowest BCUT2D eigenvalue weighted by atomic mass is 10.0. The van der Waals surface area contributed by atoms with Gasteiger partial charge in [0.1, 0.15) is 5.82 Å². The van der Waals surface area contributed by atoms with E-state index in [-0.39, 0.29) is 5.91 Å². The van der Waals surface area contributed by atoms with Gasteiger partial charge >= 0.3 is 0 Å². The number of carbonyl (C=O) groups excluding carboxylic acids is 1. The van der Waals surface area contributed by atoms with Crippen LogP contribution >= 0.6 is 0 Å². The maximum atomic E-state index is 11.9. The summed E-state index contributed by atoms with van der Waals surface area (Å²) in [4.78, 5) is 27.4. The number of pyridine rings is 1. The Morgan fingerprint density at radius 1 is 1.14 bits per heavy atom. The third-order valence-electron chi connectivity index (χ3n) is 5.39. The van der Waals surface area contributed by atoms with E-state index in [0.717, 1.165) is 35.6 Å². The summed E-state index contributed by atoms with van der Waals surface area (Å²) < 4.78 is 0. The van der Waals surface area contributed by atoms with Crippen molar-refractivity contribution < 1.29 is 4.79 Å². The van der Waals surface area contributed by atoms with Crippen LogP contribution in [0.1, 0.15) is 36.6 Å². The van der Waals surface area contributed by atoms with E-state index in [1.54, 1.807) is 19.3 Å². The maximum Gasteiger partial charge on any atom is 0.219 e. The van der Waals surface area contributed by atoms with Crippen LogP contribution in [0.15, 0.2) is 54.9 Å². The topological polar surface area (TPSA) is 71.0 Å². The normalized spacial score (nSPS) is 14.2. The molecule has 0 saturated carbocycles. The Morgan fingerprint density at radius 3 is 2.62 bits per heavy atom. The lowest BCUT2D eigenvalue weighted by Crippen LogP contribution is -2.35. The monoisotopic (exact) mass is 387 g/mol. The predicted octanol–water partition coefficient (Wildman–Crippen LogP) is 3.66. The first-order valence-corrected chi connectivity index (χ1v) is 9.96. The van der Waals surface area contributed by atoms with Crippen LogP contribution in [0.2, 0.25) is 0 Å². The summed E-state index contributed by atoms with van der Waals surface area (Å²) in [7, 11) is 0. The quantitative estimate of drug-likeness (QED) is 0.723. The van der Waals surface area contributed by atoms with Crippen molar-refractivity contribution >= 4 is 11.7 Å². The highest BCUT2D eigenvalue weighted by Crippen LogP contribution is 2.28. The molecule has 1 aliphatic rings. The van der Waals surface area contributed by atoms with Gasteiger partial charge in [0.2, 0.25) is 5.91 Å². The average Bonchev–Trinajstić information content (AvgIpc) is 2.77. The van der Waals surface area contributed by atoms with Gasteiger partial charge < -0.3 is 10.2 Å². The zero-order valence-electron chi connectivity index (χ0n) is 16.8. The molecule has 1 N–H and O–H groups in total. The number of carbonyl (C=O) groups is 1. The van der Waals surface area contributed by atoms with Gasteiger partial charge in [0, 0.05) is 43.5 Å². The first-order chi connectivity index (χ1) is 14.1. The highest BCUT2D eigenvalue weighted by atomic mass is 16.2. The number of anilines is 1. The van der Waals surface area contributed by atoms with Crippen LogP contribution in [0.5, 0.6) is 0 Å². The zero-order chi connectivity index (χ0) is 20.2. The molecule has 1 unspecified atom stereocenters. The summed E-state index contributed by atoms with van der Waals surface area (Å²) >= 11 is 0. The lowest BCUT2D eigenvalue weighted by molar-refractivity contribution is -0.129. The molecular weight excluding hydrogens is 362 g/mol. The largest absolute Gasteiger partial charge is 0.369 e. The number of fused-ring (bicyclic) bond motifs is 1. The smallest absolute Gasteiger partial charge is 0.219 e. The molecule has 3 heterocycles. The Hall–Kier alpha value is -3.28. The van der Waals surface area contributed by atoms with E-state index in [2.05, 4.69) is 41.5 Å². The average molecular weight is 387 g/mol. The van der Waals surface area contributed by atoms with E-state index in [4.69, 9.17) is 9.97 Å². The molecule has 0 saturated heterocycles. The Kier molecular flexibility index (Phi) is 5.51. The Labute approximate surface area is 171 Å². The Balaban J connectivity index is 1.65. The number of rotatable bonds is 5. The van der Waals surface area contributed by atoms with Crippen molar-refractivity contribution in [3.63, 3.8) is 0 Å². The maximum absolute atomic E-state index is 11.9. The van der Waals surface area contributed by atoms with Crippen molar-refractivity contribution in [2.75, 3.05) is 18.4 Å². The summed E-state index contributed by atoms with van der Waals surface area (Å²) in [5.41, 5.74) is 4.24. The lowest BCUT2D eigenvalue weighted by Gasteiger charge is -2.29. The first kappa shape index (κ1) is 19.1. The Morgan fingerprint density at radius 2 is 1.90 bits per heavy atom. The van der Waals surface area contributed by atoms with Crippen molar-refractivity contribution in [3.05, 3.63) is 71.7 Å². The van der Waals surface area contributed by atoms with Gasteiger partial charge in [0.05, 0.1) is 12.2 Å². The van der Waals surface area contributed by atoms with Gasteiger partial charge in [-0.1, -0.05) is 37.3 Å². The molecule has 6 heteroatoms. The molecule has 0 aliphatic carbocycles. The van der Waals surface area contributed by atoms with Gasteiger partial charge in [-0.05, 0) is 30.0 Å². The van der Waals surface area contributed by atoms with Crippen LogP contribution in [0, 0.1) is 0 Å². The number of nitrogens with one attached hydrogen (secondary N) is 1. The molecule has 29 heavy (non-hydrogen) atoms. The SMILES string of the molecule is CC(=O)N1CCc2c(nc(-c3ccncc3)nc2NCC(C)c2ccccc2)C1. The molecule has 1 amide bonds. The molecular formula is C23H25N5O. The van der Waals surface area contributed by atoms with Crippen molar-refractivity contribution in [2.24, 2.45) is 0 Å². The molecule has 148 valence electrons. The van der Waals surface area contributed by atoms with E-state index in [0.29, 0.717) is 24.8 Å². The molecule has 1 aromatic carbocycles. The van der Waals surface area contributed by atoms with Crippen molar-refractivity contribution in [1.29, 1.82) is 0 Å². The molecule has 4 rings (SSSR count). The Bertz CT molecular complexity index is 991. The van der Waals surface area contributed by atoms with Crippen LogP contribution < -0.4 is 5.32 Å². The molecule has 2 aromatic heterocycles. The number of benzene rings is 1. The molecule has 0 spiro atoms. The third-order valence-corrected chi connectivity index (χ3v) is 5.39. The van der Waals surface area contributed by atoms with Crippen LogP contribution in [-0.4, -0.2) is 38.8 Å². The molecule has 3 aromatic rings. The second-order valence-electron chi connectivity index (χ2n) is 7.44. The summed E-state index contributed by atoms with van der Waals surface area (Å²) in [6, 6.07) is 14.3. The van der Waals surface area contributed by atoms with Gasteiger partial charge in [-0.25, -0.2) is 9.97 Å². The minimum Gasteiger partial charge on any atom is -0.369 e. The predicted molar refractivity (Wildman–Crippen MR) is 113 cm³/mol. The molecule has 0 fully saturated rings. The van der Waals surface area contributed by atoms with Gasteiger partial charge in [-0.2, -0.15) is 0 Å². The second kappa shape index (κ2) is 8.39. The van der Waals surface area contributed by atoms with E-state index >= 15 is 0 Å². The van der Waals surface area contributed by atoms with E-state index in [1.165, 1.54) is 5.56 Å². The van der Waals surface area contributed by atoms with E-state index < -0.39 is 0 Å². The fourth-order valence-electron chi connectivity index (χ4n) is 3.62. The fraction of sp³-hybridized carbons (Fsp3) is 0.304. The van der Waals surface area contributed by atoms with E-state index in [9.17, 15) is 4.79 Å². The highest BCUT2D eigenvalue weighted by Gasteiger charge is 2.24. The summed E-state index contributed by atoms with van der Waals surface area (Å²) in [6.45, 7) is 5.81. The molecule has 1 aliphatic heterocycles. The van der Waals surface area contributed by atoms with E-state index in [1.807, 2.05) is 23.1 Å². The molecule has 6 nitrogen and oxygen atoms in total. The van der Waals surface area contributed by atoms with Gasteiger partial charge in [-0.3, -0.25) is 9.78 Å². The zero-order valence-corrected chi connectivity index (χ0v) is 16.8. The number of aromatic nitrogens is 3. The number of hydrogen-bond acceptors (Lipinski definition) is 5. The summed E-state index contributed by atoms with van der Waals surface area (Å²) in [6.07, 6.45) is 4.24. The number of amides is 1. The minimum atomic E-state index is 0.0759. The van der Waals surface area contributed by atoms with Crippen molar-refractivity contribution in [2.45, 2.75) is 32.7 Å². The van der Waals surface area contributed by atoms with Gasteiger partial charge in [0.15, 0.2) is 5.82 Å². The molecule has 1 atom stereocenters.